The summed E-state index contributed by atoms with van der Waals surface area (Å²) < 4.78 is 29.3. The first-order valence-corrected chi connectivity index (χ1v) is 15.5. The number of amides is 1. The van der Waals surface area contributed by atoms with Gasteiger partial charge in [-0.1, -0.05) is 49.4 Å². The SMILES string of the molecule is CCN(CC)CCN(C(=O)c1ccc(S(=O)(=O)N(CC)c2ccccc2)cc1)c1nc2cc(C)cc(C)c2s1. The van der Waals surface area contributed by atoms with Gasteiger partial charge >= 0.3 is 0 Å². The molecule has 7 nitrogen and oxygen atoms in total. The van der Waals surface area contributed by atoms with Crippen LogP contribution in [0.2, 0.25) is 0 Å². The summed E-state index contributed by atoms with van der Waals surface area (Å²) in [7, 11) is -3.78. The number of benzene rings is 3. The third kappa shape index (κ3) is 6.16. The van der Waals surface area contributed by atoms with Gasteiger partial charge in [0.25, 0.3) is 15.9 Å². The highest BCUT2D eigenvalue weighted by atomic mass is 32.2. The van der Waals surface area contributed by atoms with Crippen LogP contribution in [0.3, 0.4) is 0 Å². The molecule has 0 aliphatic heterocycles. The summed E-state index contributed by atoms with van der Waals surface area (Å²) in [6, 6.07) is 19.4. The second kappa shape index (κ2) is 12.3. The molecule has 1 heterocycles. The molecule has 206 valence electrons. The van der Waals surface area contributed by atoms with Crippen molar-refractivity contribution < 1.29 is 13.2 Å². The molecule has 0 bridgehead atoms. The minimum absolute atomic E-state index is 0.144. The maximum atomic E-state index is 13.8. The Bertz CT molecular complexity index is 1530. The van der Waals surface area contributed by atoms with E-state index >= 15 is 0 Å². The third-order valence-electron chi connectivity index (χ3n) is 6.84. The average molecular weight is 565 g/mol. The van der Waals surface area contributed by atoms with Crippen LogP contribution in [0.15, 0.2) is 71.6 Å². The van der Waals surface area contributed by atoms with Crippen molar-refractivity contribution in [3.05, 3.63) is 83.4 Å². The lowest BCUT2D eigenvalue weighted by Crippen LogP contribution is -2.39. The lowest BCUT2D eigenvalue weighted by Gasteiger charge is -2.25. The van der Waals surface area contributed by atoms with E-state index in [1.165, 1.54) is 27.8 Å². The highest BCUT2D eigenvalue weighted by Crippen LogP contribution is 2.33. The fourth-order valence-corrected chi connectivity index (χ4v) is 7.20. The van der Waals surface area contributed by atoms with E-state index < -0.39 is 10.0 Å². The molecular weight excluding hydrogens is 528 g/mol. The van der Waals surface area contributed by atoms with Gasteiger partial charge in [0.1, 0.15) is 0 Å². The molecular formula is C30H36N4O3S2. The Hall–Kier alpha value is -3.27. The van der Waals surface area contributed by atoms with Gasteiger partial charge in [0, 0.05) is 25.2 Å². The fourth-order valence-electron chi connectivity index (χ4n) is 4.68. The molecule has 4 rings (SSSR count). The van der Waals surface area contributed by atoms with Crippen molar-refractivity contribution in [2.24, 2.45) is 0 Å². The predicted octanol–water partition coefficient (Wildman–Crippen LogP) is 6.12. The molecule has 0 aliphatic rings. The van der Waals surface area contributed by atoms with E-state index in [1.807, 2.05) is 31.2 Å². The second-order valence-corrected chi connectivity index (χ2v) is 12.3. The first-order valence-electron chi connectivity index (χ1n) is 13.3. The van der Waals surface area contributed by atoms with E-state index in [2.05, 4.69) is 31.7 Å². The Kier molecular flexibility index (Phi) is 9.04. The van der Waals surface area contributed by atoms with Gasteiger partial charge in [-0.25, -0.2) is 13.4 Å². The highest BCUT2D eigenvalue weighted by Gasteiger charge is 2.26. The van der Waals surface area contributed by atoms with Crippen molar-refractivity contribution in [1.82, 2.24) is 9.88 Å². The number of fused-ring (bicyclic) bond motifs is 1. The summed E-state index contributed by atoms with van der Waals surface area (Å²) >= 11 is 1.52. The number of thiazole rings is 1. The van der Waals surface area contributed by atoms with Gasteiger partial charge in [-0.15, -0.1) is 0 Å². The summed E-state index contributed by atoms with van der Waals surface area (Å²) in [5.74, 6) is -0.199. The van der Waals surface area contributed by atoms with Crippen LogP contribution in [0, 0.1) is 13.8 Å². The van der Waals surface area contributed by atoms with Crippen LogP contribution in [0.1, 0.15) is 42.3 Å². The number of aromatic nitrogens is 1. The standard InChI is InChI=1S/C30H36N4O3S2/c1-6-32(7-2)18-19-33(30-31-27-21-22(4)20-23(5)28(27)38-30)29(35)24-14-16-26(17-15-24)39(36,37)34(8-3)25-12-10-9-11-13-25/h9-17,20-21H,6-8,18-19H2,1-5H3. The zero-order valence-corrected chi connectivity index (χ0v) is 24.8. The zero-order chi connectivity index (χ0) is 28.2. The van der Waals surface area contributed by atoms with Crippen LogP contribution in [-0.4, -0.2) is 56.9 Å². The van der Waals surface area contributed by atoms with E-state index in [1.54, 1.807) is 36.1 Å². The van der Waals surface area contributed by atoms with Crippen molar-refractivity contribution >= 4 is 48.3 Å². The monoisotopic (exact) mass is 564 g/mol. The topological polar surface area (TPSA) is 73.8 Å². The number of para-hydroxylation sites is 1. The van der Waals surface area contributed by atoms with Crippen LogP contribution in [0.5, 0.6) is 0 Å². The molecule has 0 spiro atoms. The number of aryl methyl sites for hydroxylation is 2. The highest BCUT2D eigenvalue weighted by molar-refractivity contribution is 7.92. The van der Waals surface area contributed by atoms with E-state index in [0.717, 1.165) is 34.4 Å². The molecule has 0 aliphatic carbocycles. The number of sulfonamides is 1. The molecule has 0 radical (unpaired) electrons. The van der Waals surface area contributed by atoms with E-state index in [-0.39, 0.29) is 10.8 Å². The average Bonchev–Trinajstić information content (AvgIpc) is 3.36. The third-order valence-corrected chi connectivity index (χ3v) is 9.99. The van der Waals surface area contributed by atoms with E-state index in [4.69, 9.17) is 4.98 Å². The van der Waals surface area contributed by atoms with Crippen molar-refractivity contribution in [3.8, 4) is 0 Å². The number of nitrogens with zero attached hydrogens (tertiary/aromatic N) is 4. The summed E-state index contributed by atoms with van der Waals surface area (Å²) in [6.07, 6.45) is 0. The zero-order valence-electron chi connectivity index (χ0n) is 23.2. The molecule has 1 aromatic heterocycles. The number of hydrogen-bond acceptors (Lipinski definition) is 6. The minimum Gasteiger partial charge on any atom is -0.302 e. The molecule has 39 heavy (non-hydrogen) atoms. The molecule has 0 unspecified atom stereocenters. The van der Waals surface area contributed by atoms with E-state index in [0.29, 0.717) is 36.0 Å². The van der Waals surface area contributed by atoms with Gasteiger partial charge < -0.3 is 4.90 Å². The summed E-state index contributed by atoms with van der Waals surface area (Å²) in [5.41, 5.74) is 4.17. The fraction of sp³-hybridized carbons (Fsp3) is 0.333. The summed E-state index contributed by atoms with van der Waals surface area (Å²) in [5, 5.41) is 0.647. The Labute approximate surface area is 235 Å². The Morgan fingerprint density at radius 3 is 2.15 bits per heavy atom. The van der Waals surface area contributed by atoms with Gasteiger partial charge in [-0.05, 0) is 87.5 Å². The van der Waals surface area contributed by atoms with Crippen LogP contribution < -0.4 is 9.21 Å². The molecule has 0 N–H and O–H groups in total. The largest absolute Gasteiger partial charge is 0.302 e. The molecule has 0 atom stereocenters. The molecule has 1 amide bonds. The van der Waals surface area contributed by atoms with Gasteiger partial charge in [0.15, 0.2) is 5.13 Å². The Balaban J connectivity index is 1.66. The van der Waals surface area contributed by atoms with Crippen molar-refractivity contribution in [2.45, 2.75) is 39.5 Å². The summed E-state index contributed by atoms with van der Waals surface area (Å²) in [4.78, 5) is 22.8. The van der Waals surface area contributed by atoms with Gasteiger partial charge in [-0.2, -0.15) is 0 Å². The first-order chi connectivity index (χ1) is 18.7. The quantitative estimate of drug-likeness (QED) is 0.220. The lowest BCUT2D eigenvalue weighted by atomic mass is 10.1. The molecule has 4 aromatic rings. The number of likely N-dealkylation sites (N-methyl/N-ethyl adjacent to an activating group) is 1. The maximum absolute atomic E-state index is 13.8. The smallest absolute Gasteiger partial charge is 0.264 e. The Morgan fingerprint density at radius 2 is 1.54 bits per heavy atom. The van der Waals surface area contributed by atoms with E-state index in [9.17, 15) is 13.2 Å². The molecule has 0 saturated heterocycles. The normalized spacial score (nSPS) is 11.7. The molecule has 3 aromatic carbocycles. The van der Waals surface area contributed by atoms with Crippen LogP contribution in [0.4, 0.5) is 10.8 Å². The van der Waals surface area contributed by atoms with Gasteiger partial charge in [-0.3, -0.25) is 14.0 Å². The maximum Gasteiger partial charge on any atom is 0.264 e. The van der Waals surface area contributed by atoms with Crippen LogP contribution in [0.25, 0.3) is 10.2 Å². The lowest BCUT2D eigenvalue weighted by molar-refractivity contribution is 0.0983. The predicted molar refractivity (Wildman–Crippen MR) is 162 cm³/mol. The van der Waals surface area contributed by atoms with Crippen LogP contribution in [-0.2, 0) is 10.0 Å². The van der Waals surface area contributed by atoms with Crippen LogP contribution >= 0.6 is 11.3 Å². The number of carbonyl (C=O) groups is 1. The van der Waals surface area contributed by atoms with Crippen molar-refractivity contribution in [1.29, 1.82) is 0 Å². The van der Waals surface area contributed by atoms with Crippen molar-refractivity contribution in [2.75, 3.05) is 41.9 Å². The first kappa shape index (κ1) is 28.7. The molecule has 0 saturated carbocycles. The number of rotatable bonds is 11. The number of hydrogen-bond donors (Lipinski definition) is 0. The number of anilines is 2. The van der Waals surface area contributed by atoms with Crippen molar-refractivity contribution in [3.63, 3.8) is 0 Å². The molecule has 9 heteroatoms. The second-order valence-electron chi connectivity index (χ2n) is 9.44. The minimum atomic E-state index is -3.78. The Morgan fingerprint density at radius 1 is 0.872 bits per heavy atom. The summed E-state index contributed by atoms with van der Waals surface area (Å²) in [6.45, 7) is 13.4. The molecule has 0 fully saturated rings. The van der Waals surface area contributed by atoms with Gasteiger partial charge in [0.05, 0.1) is 20.8 Å². The van der Waals surface area contributed by atoms with Gasteiger partial charge in [0.2, 0.25) is 0 Å². The number of carbonyl (C=O) groups excluding carboxylic acids is 1.